The Bertz CT molecular complexity index is 220. The number of hydrogen-bond acceptors (Lipinski definition) is 3. The van der Waals surface area contributed by atoms with Crippen molar-refractivity contribution < 1.29 is 9.53 Å². The summed E-state index contributed by atoms with van der Waals surface area (Å²) in [6, 6.07) is 0.379. The normalized spacial score (nSPS) is 23.3. The van der Waals surface area contributed by atoms with Crippen molar-refractivity contribution in [2.45, 2.75) is 19.9 Å². The third kappa shape index (κ3) is 1.00. The third-order valence-corrected chi connectivity index (χ3v) is 2.31. The van der Waals surface area contributed by atoms with Gasteiger partial charge in [-0.1, -0.05) is 0 Å². The van der Waals surface area contributed by atoms with Gasteiger partial charge in [-0.15, -0.1) is 0 Å². The molecule has 0 N–H and O–H groups in total. The van der Waals surface area contributed by atoms with E-state index < -0.39 is 0 Å². The lowest BCUT2D eigenvalue weighted by molar-refractivity contribution is -0.139. The van der Waals surface area contributed by atoms with E-state index in [0.29, 0.717) is 11.7 Å². The fourth-order valence-electron chi connectivity index (χ4n) is 1.30. The summed E-state index contributed by atoms with van der Waals surface area (Å²) in [6.07, 6.45) is 0. The first-order valence-corrected chi connectivity index (χ1v) is 3.61. The van der Waals surface area contributed by atoms with Gasteiger partial charge in [-0.05, 0) is 19.4 Å². The molecule has 1 unspecified atom stereocenters. The first kappa shape index (κ1) is 8.11. The number of rotatable bonds is 1. The van der Waals surface area contributed by atoms with Gasteiger partial charge in [0.05, 0.1) is 7.11 Å². The molecule has 1 heterocycles. The Labute approximate surface area is 66.6 Å². The van der Waals surface area contributed by atoms with Gasteiger partial charge >= 0.3 is 5.97 Å². The van der Waals surface area contributed by atoms with E-state index in [9.17, 15) is 4.79 Å². The maximum atomic E-state index is 11.0. The van der Waals surface area contributed by atoms with E-state index in [1.165, 1.54) is 7.11 Å². The summed E-state index contributed by atoms with van der Waals surface area (Å²) in [6.45, 7) is 4.01. The van der Waals surface area contributed by atoms with Crippen LogP contribution in [0.25, 0.3) is 0 Å². The zero-order valence-electron chi connectivity index (χ0n) is 7.34. The number of methoxy groups -OCH3 is 1. The molecule has 0 fully saturated rings. The van der Waals surface area contributed by atoms with E-state index in [2.05, 4.69) is 11.7 Å². The van der Waals surface area contributed by atoms with E-state index in [1.54, 1.807) is 0 Å². The van der Waals surface area contributed by atoms with Gasteiger partial charge in [0.15, 0.2) is 0 Å². The van der Waals surface area contributed by atoms with Gasteiger partial charge in [0.1, 0.15) is 5.70 Å². The lowest BCUT2D eigenvalue weighted by Gasteiger charge is -2.39. The van der Waals surface area contributed by atoms with Crippen LogP contribution in [0.3, 0.4) is 0 Å². The van der Waals surface area contributed by atoms with Gasteiger partial charge in [0, 0.05) is 13.1 Å². The number of carbonyl (C=O) groups is 1. The van der Waals surface area contributed by atoms with Crippen LogP contribution in [0.4, 0.5) is 0 Å². The molecule has 0 saturated heterocycles. The van der Waals surface area contributed by atoms with Crippen LogP contribution in [-0.4, -0.2) is 31.1 Å². The second-order valence-electron chi connectivity index (χ2n) is 2.81. The summed E-state index contributed by atoms with van der Waals surface area (Å²) in [7, 11) is 3.30. The minimum Gasteiger partial charge on any atom is -0.464 e. The minimum absolute atomic E-state index is 0.233. The van der Waals surface area contributed by atoms with Crippen molar-refractivity contribution in [2.75, 3.05) is 14.2 Å². The van der Waals surface area contributed by atoms with Crippen molar-refractivity contribution in [3.8, 4) is 0 Å². The van der Waals surface area contributed by atoms with Gasteiger partial charge in [0.2, 0.25) is 0 Å². The highest BCUT2D eigenvalue weighted by atomic mass is 16.5. The Morgan fingerprint density at radius 1 is 1.64 bits per heavy atom. The van der Waals surface area contributed by atoms with Crippen molar-refractivity contribution in [3.05, 3.63) is 11.3 Å². The highest BCUT2D eigenvalue weighted by Crippen LogP contribution is 2.28. The highest BCUT2D eigenvalue weighted by Gasteiger charge is 2.33. The van der Waals surface area contributed by atoms with Crippen LogP contribution in [0.5, 0.6) is 0 Å². The molecule has 1 rings (SSSR count). The summed E-state index contributed by atoms with van der Waals surface area (Å²) in [5.41, 5.74) is 1.82. The molecule has 0 aromatic heterocycles. The number of esters is 1. The second kappa shape index (κ2) is 2.57. The molecule has 1 aliphatic heterocycles. The van der Waals surface area contributed by atoms with Crippen molar-refractivity contribution in [1.29, 1.82) is 0 Å². The molecule has 0 spiro atoms. The minimum atomic E-state index is -0.233. The van der Waals surface area contributed by atoms with Crippen LogP contribution in [0, 0.1) is 0 Å². The smallest absolute Gasteiger partial charge is 0.354 e. The standard InChI is InChI=1S/C8H13NO2/c1-5-6(2)9(3)7(5)8(10)11-4/h6H,1-4H3. The average molecular weight is 155 g/mol. The summed E-state index contributed by atoms with van der Waals surface area (Å²) >= 11 is 0. The predicted molar refractivity (Wildman–Crippen MR) is 41.9 cm³/mol. The van der Waals surface area contributed by atoms with Crippen molar-refractivity contribution in [1.82, 2.24) is 4.90 Å². The van der Waals surface area contributed by atoms with E-state index in [4.69, 9.17) is 0 Å². The summed E-state index contributed by atoms with van der Waals surface area (Å²) < 4.78 is 4.60. The monoisotopic (exact) mass is 155 g/mol. The van der Waals surface area contributed by atoms with Crippen molar-refractivity contribution >= 4 is 5.97 Å². The molecule has 1 atom stereocenters. The molecular weight excluding hydrogens is 142 g/mol. The van der Waals surface area contributed by atoms with Crippen LogP contribution in [0.1, 0.15) is 13.8 Å². The number of carbonyl (C=O) groups excluding carboxylic acids is 1. The maximum Gasteiger partial charge on any atom is 0.354 e. The van der Waals surface area contributed by atoms with Gasteiger partial charge in [-0.2, -0.15) is 0 Å². The Hall–Kier alpha value is -0.990. The topological polar surface area (TPSA) is 29.5 Å². The molecule has 62 valence electrons. The molecule has 0 saturated carbocycles. The third-order valence-electron chi connectivity index (χ3n) is 2.31. The molecule has 0 bridgehead atoms. The second-order valence-corrected chi connectivity index (χ2v) is 2.81. The molecule has 3 nitrogen and oxygen atoms in total. The van der Waals surface area contributed by atoms with Gasteiger partial charge in [0.25, 0.3) is 0 Å². The average Bonchev–Trinajstić information content (AvgIpc) is 2.04. The largest absolute Gasteiger partial charge is 0.464 e. The fraction of sp³-hybridized carbons (Fsp3) is 0.625. The van der Waals surface area contributed by atoms with Crippen LogP contribution >= 0.6 is 0 Å². The lowest BCUT2D eigenvalue weighted by atomic mass is 9.97. The van der Waals surface area contributed by atoms with Crippen LogP contribution < -0.4 is 0 Å². The SMILES string of the molecule is COC(=O)C1=C(C)C(C)N1C. The Morgan fingerprint density at radius 2 is 2.18 bits per heavy atom. The van der Waals surface area contributed by atoms with Crippen LogP contribution in [-0.2, 0) is 9.53 Å². The molecule has 1 aliphatic rings. The van der Waals surface area contributed by atoms with Crippen LogP contribution in [0.15, 0.2) is 11.3 Å². The zero-order valence-corrected chi connectivity index (χ0v) is 7.34. The number of ether oxygens (including phenoxy) is 1. The van der Waals surface area contributed by atoms with E-state index in [1.807, 2.05) is 18.9 Å². The Kier molecular flexibility index (Phi) is 1.89. The molecule has 0 aliphatic carbocycles. The molecule has 0 radical (unpaired) electrons. The number of nitrogens with zero attached hydrogens (tertiary/aromatic N) is 1. The van der Waals surface area contributed by atoms with Crippen LogP contribution in [0.2, 0.25) is 0 Å². The maximum absolute atomic E-state index is 11.0. The molecule has 3 heteroatoms. The zero-order chi connectivity index (χ0) is 8.59. The van der Waals surface area contributed by atoms with Gasteiger partial charge < -0.3 is 9.64 Å². The summed E-state index contributed by atoms with van der Waals surface area (Å²) in [5.74, 6) is -0.233. The number of likely N-dealkylation sites (N-methyl/N-ethyl adjacent to an activating group) is 1. The Balaban J connectivity index is 2.82. The predicted octanol–water partition coefficient (Wildman–Crippen LogP) is 0.767. The summed E-state index contributed by atoms with van der Waals surface area (Å²) in [4.78, 5) is 13.0. The number of hydrogen-bond donors (Lipinski definition) is 0. The van der Waals surface area contributed by atoms with E-state index in [-0.39, 0.29) is 5.97 Å². The molecule has 11 heavy (non-hydrogen) atoms. The quantitative estimate of drug-likeness (QED) is 0.524. The first-order valence-electron chi connectivity index (χ1n) is 3.61. The fourth-order valence-corrected chi connectivity index (χ4v) is 1.30. The molecule has 0 amide bonds. The molecule has 0 aromatic rings. The van der Waals surface area contributed by atoms with Gasteiger partial charge in [-0.3, -0.25) is 0 Å². The molecule has 0 aromatic carbocycles. The highest BCUT2D eigenvalue weighted by molar-refractivity contribution is 5.90. The summed E-state index contributed by atoms with van der Waals surface area (Å²) in [5, 5.41) is 0. The van der Waals surface area contributed by atoms with Crippen molar-refractivity contribution in [3.63, 3.8) is 0 Å². The molecular formula is C8H13NO2. The first-order chi connectivity index (χ1) is 5.09. The van der Waals surface area contributed by atoms with Gasteiger partial charge in [-0.25, -0.2) is 4.79 Å². The lowest BCUT2D eigenvalue weighted by Crippen LogP contribution is -2.44. The van der Waals surface area contributed by atoms with E-state index in [0.717, 1.165) is 5.57 Å². The van der Waals surface area contributed by atoms with Crippen molar-refractivity contribution in [2.24, 2.45) is 0 Å². The van der Waals surface area contributed by atoms with E-state index >= 15 is 0 Å². The Morgan fingerprint density at radius 3 is 2.55 bits per heavy atom.